The van der Waals surface area contributed by atoms with Crippen molar-refractivity contribution in [3.05, 3.63) is 23.8 Å². The number of aliphatic hydroxyl groups is 2. The summed E-state index contributed by atoms with van der Waals surface area (Å²) >= 11 is 0. The second-order valence-corrected chi connectivity index (χ2v) is 8.79. The smallest absolute Gasteiger partial charge is 0.226 e. The fraction of sp³-hybridized carbons (Fsp3) is 0.625. The van der Waals surface area contributed by atoms with E-state index in [1.165, 1.54) is 6.07 Å². The highest BCUT2D eigenvalue weighted by molar-refractivity contribution is 6.01. The van der Waals surface area contributed by atoms with E-state index in [1.54, 1.807) is 26.0 Å². The van der Waals surface area contributed by atoms with E-state index in [9.17, 15) is 24.6 Å². The maximum absolute atomic E-state index is 12.6. The largest absolute Gasteiger partial charge is 0.461 e. The van der Waals surface area contributed by atoms with Crippen molar-refractivity contribution in [2.24, 2.45) is 11.8 Å². The average molecular weight is 466 g/mol. The quantitative estimate of drug-likeness (QED) is 0.317. The first kappa shape index (κ1) is 26.9. The molecule has 0 spiro atoms. The molecule has 2 rings (SSSR count). The molecule has 3 unspecified atom stereocenters. The number of amides is 1. The van der Waals surface area contributed by atoms with E-state index in [4.69, 9.17) is 14.2 Å². The molecule has 0 radical (unpaired) electrons. The van der Waals surface area contributed by atoms with E-state index in [-0.39, 0.29) is 67.7 Å². The van der Waals surface area contributed by atoms with Crippen LogP contribution in [-0.4, -0.2) is 66.0 Å². The van der Waals surface area contributed by atoms with Crippen molar-refractivity contribution in [2.45, 2.75) is 65.5 Å². The Balaban J connectivity index is 1.99. The topological polar surface area (TPSA) is 131 Å². The molecule has 3 N–H and O–H groups in total. The predicted octanol–water partition coefficient (Wildman–Crippen LogP) is 2.33. The average Bonchev–Trinajstić information content (AvgIpc) is 2.74. The second kappa shape index (κ2) is 12.8. The van der Waals surface area contributed by atoms with Crippen LogP contribution in [0.2, 0.25) is 0 Å². The number of hydrogen-bond donors (Lipinski definition) is 3. The summed E-state index contributed by atoms with van der Waals surface area (Å²) in [7, 11) is 0. The van der Waals surface area contributed by atoms with E-state index < -0.39 is 18.5 Å². The summed E-state index contributed by atoms with van der Waals surface area (Å²) in [6.07, 6.45) is -2.38. The molecule has 33 heavy (non-hydrogen) atoms. The molecule has 1 aliphatic heterocycles. The normalized spacial score (nSPS) is 20.7. The number of hydrogen-bond acceptors (Lipinski definition) is 8. The van der Waals surface area contributed by atoms with Crippen LogP contribution in [-0.2, 0) is 19.1 Å². The van der Waals surface area contributed by atoms with Crippen LogP contribution < -0.4 is 10.1 Å². The fourth-order valence-electron chi connectivity index (χ4n) is 3.18. The molecule has 1 aromatic rings. The van der Waals surface area contributed by atoms with Crippen molar-refractivity contribution in [3.8, 4) is 5.75 Å². The van der Waals surface area contributed by atoms with E-state index in [0.29, 0.717) is 17.7 Å². The minimum Gasteiger partial charge on any atom is -0.461 e. The second-order valence-electron chi connectivity index (χ2n) is 8.79. The van der Waals surface area contributed by atoms with Crippen molar-refractivity contribution in [1.29, 1.82) is 0 Å². The Bertz CT molecular complexity index is 823. The van der Waals surface area contributed by atoms with Gasteiger partial charge >= 0.3 is 0 Å². The molecule has 1 heterocycles. The minimum absolute atomic E-state index is 0.00831. The number of aliphatic hydroxyl groups excluding tert-OH is 2. The molecule has 9 nitrogen and oxygen atoms in total. The van der Waals surface area contributed by atoms with Crippen LogP contribution >= 0.6 is 0 Å². The first-order valence-electron chi connectivity index (χ1n) is 11.3. The fourth-order valence-corrected chi connectivity index (χ4v) is 3.18. The van der Waals surface area contributed by atoms with Gasteiger partial charge in [-0.15, -0.1) is 0 Å². The Morgan fingerprint density at radius 1 is 1.09 bits per heavy atom. The minimum atomic E-state index is -1.06. The van der Waals surface area contributed by atoms with Gasteiger partial charge in [-0.25, -0.2) is 0 Å². The van der Waals surface area contributed by atoms with Crippen molar-refractivity contribution < 1.29 is 38.8 Å². The Kier molecular flexibility index (Phi) is 10.4. The highest BCUT2D eigenvalue weighted by Crippen LogP contribution is 2.29. The van der Waals surface area contributed by atoms with Crippen LogP contribution in [0.1, 0.15) is 57.3 Å². The van der Waals surface area contributed by atoms with Gasteiger partial charge in [0.2, 0.25) is 12.2 Å². The van der Waals surface area contributed by atoms with E-state index >= 15 is 0 Å². The molecule has 9 heteroatoms. The number of benzene rings is 1. The predicted molar refractivity (Wildman–Crippen MR) is 121 cm³/mol. The Hall–Kier alpha value is -2.33. The molecule has 184 valence electrons. The molecule has 0 aromatic heterocycles. The summed E-state index contributed by atoms with van der Waals surface area (Å²) < 4.78 is 16.5. The van der Waals surface area contributed by atoms with Crippen molar-refractivity contribution >= 4 is 23.2 Å². The van der Waals surface area contributed by atoms with Gasteiger partial charge in [0.25, 0.3) is 0 Å². The molecule has 0 saturated carbocycles. The number of ketones is 2. The molecular formula is C24H35NO8. The van der Waals surface area contributed by atoms with Crippen molar-refractivity contribution in [1.82, 2.24) is 0 Å². The SMILES string of the molecule is CC(C)C(=O)CCOCCC(=O)Nc1ccc(C(=O)C(C)C)c(OC2OCC(O)CC2O)c1. The van der Waals surface area contributed by atoms with Crippen LogP contribution in [0.25, 0.3) is 0 Å². The maximum atomic E-state index is 12.6. The zero-order chi connectivity index (χ0) is 24.5. The van der Waals surface area contributed by atoms with Crippen LogP contribution in [0.4, 0.5) is 5.69 Å². The van der Waals surface area contributed by atoms with Crippen molar-refractivity contribution in [3.63, 3.8) is 0 Å². The number of carbonyl (C=O) groups is 3. The van der Waals surface area contributed by atoms with Crippen LogP contribution in [0.15, 0.2) is 18.2 Å². The zero-order valence-electron chi connectivity index (χ0n) is 19.7. The molecule has 1 aromatic carbocycles. The molecule has 3 atom stereocenters. The molecule has 0 bridgehead atoms. The summed E-state index contributed by atoms with van der Waals surface area (Å²) in [5.74, 6) is -0.482. The Labute approximate surface area is 194 Å². The summed E-state index contributed by atoms with van der Waals surface area (Å²) in [4.78, 5) is 36.5. The number of rotatable bonds is 12. The highest BCUT2D eigenvalue weighted by Gasteiger charge is 2.32. The third-order valence-electron chi connectivity index (χ3n) is 5.19. The molecule has 1 fully saturated rings. The van der Waals surface area contributed by atoms with Gasteiger partial charge in [-0.1, -0.05) is 27.7 Å². The molecular weight excluding hydrogens is 430 g/mol. The van der Waals surface area contributed by atoms with Gasteiger partial charge in [-0.05, 0) is 12.1 Å². The number of carbonyl (C=O) groups excluding carboxylic acids is 3. The lowest BCUT2D eigenvalue weighted by Gasteiger charge is -2.31. The number of ether oxygens (including phenoxy) is 3. The molecule has 1 saturated heterocycles. The Morgan fingerprint density at radius 2 is 1.79 bits per heavy atom. The number of anilines is 1. The molecule has 1 aliphatic rings. The van der Waals surface area contributed by atoms with Crippen LogP contribution in [0.5, 0.6) is 5.75 Å². The first-order chi connectivity index (χ1) is 15.6. The van der Waals surface area contributed by atoms with E-state index in [2.05, 4.69) is 5.32 Å². The van der Waals surface area contributed by atoms with E-state index in [1.807, 2.05) is 13.8 Å². The van der Waals surface area contributed by atoms with Crippen LogP contribution in [0.3, 0.4) is 0 Å². The van der Waals surface area contributed by atoms with Crippen LogP contribution in [0, 0.1) is 11.8 Å². The zero-order valence-corrected chi connectivity index (χ0v) is 19.7. The summed E-state index contributed by atoms with van der Waals surface area (Å²) in [5, 5.41) is 22.5. The third kappa shape index (κ3) is 8.51. The lowest BCUT2D eigenvalue weighted by atomic mass is 9.99. The van der Waals surface area contributed by atoms with E-state index in [0.717, 1.165) is 0 Å². The summed E-state index contributed by atoms with van der Waals surface area (Å²) in [5.41, 5.74) is 0.721. The number of Topliss-reactive ketones (excluding diaryl/α,β-unsaturated/α-hetero) is 2. The lowest BCUT2D eigenvalue weighted by molar-refractivity contribution is -0.198. The van der Waals surface area contributed by atoms with Crippen molar-refractivity contribution in [2.75, 3.05) is 25.1 Å². The van der Waals surface area contributed by atoms with Gasteiger partial charge in [-0.2, -0.15) is 0 Å². The molecule has 1 amide bonds. The Morgan fingerprint density at radius 3 is 2.42 bits per heavy atom. The van der Waals surface area contributed by atoms with Gasteiger partial charge in [0.05, 0.1) is 37.9 Å². The monoisotopic (exact) mass is 465 g/mol. The highest BCUT2D eigenvalue weighted by atomic mass is 16.7. The number of nitrogens with one attached hydrogen (secondary N) is 1. The standard InChI is InChI=1S/C24H35NO8/c1-14(2)19(27)7-9-31-10-8-22(29)25-16-5-6-18(23(30)15(3)4)21(11-16)33-24-20(28)12-17(26)13-32-24/h5-6,11,14-15,17,20,24,26,28H,7-10,12-13H2,1-4H3,(H,25,29). The van der Waals surface area contributed by atoms with Gasteiger partial charge < -0.3 is 29.7 Å². The van der Waals surface area contributed by atoms with Gasteiger partial charge in [0.1, 0.15) is 17.6 Å². The summed E-state index contributed by atoms with van der Waals surface area (Å²) in [6.45, 7) is 7.64. The first-order valence-corrected chi connectivity index (χ1v) is 11.3. The van der Waals surface area contributed by atoms with Gasteiger partial charge in [0.15, 0.2) is 5.78 Å². The maximum Gasteiger partial charge on any atom is 0.226 e. The third-order valence-corrected chi connectivity index (χ3v) is 5.19. The van der Waals surface area contributed by atoms with Gasteiger partial charge in [0, 0.05) is 36.4 Å². The molecule has 0 aliphatic carbocycles. The summed E-state index contributed by atoms with van der Waals surface area (Å²) in [6, 6.07) is 4.67. The van der Waals surface area contributed by atoms with Gasteiger partial charge in [-0.3, -0.25) is 14.4 Å². The lowest BCUT2D eigenvalue weighted by Crippen LogP contribution is -2.44.